The van der Waals surface area contributed by atoms with Gasteiger partial charge in [-0.25, -0.2) is 4.98 Å². The predicted molar refractivity (Wildman–Crippen MR) is 80.6 cm³/mol. The molecule has 19 heavy (non-hydrogen) atoms. The minimum Gasteiger partial charge on any atom is -0.382 e. The summed E-state index contributed by atoms with van der Waals surface area (Å²) in [6.45, 7) is 4.96. The lowest BCUT2D eigenvalue weighted by Gasteiger charge is -2.12. The number of halogens is 1. The fourth-order valence-electron chi connectivity index (χ4n) is 1.94. The van der Waals surface area contributed by atoms with E-state index in [1.807, 2.05) is 38.1 Å². The van der Waals surface area contributed by atoms with E-state index in [1.54, 1.807) is 10.6 Å². The van der Waals surface area contributed by atoms with Crippen LogP contribution in [-0.2, 0) is 6.54 Å². The number of nitrogens with zero attached hydrogens (tertiary/aromatic N) is 2. The van der Waals surface area contributed by atoms with Crippen molar-refractivity contribution in [3.63, 3.8) is 0 Å². The number of rotatable bonds is 4. The summed E-state index contributed by atoms with van der Waals surface area (Å²) >= 11 is 3.48. The highest BCUT2D eigenvalue weighted by molar-refractivity contribution is 9.10. The van der Waals surface area contributed by atoms with Crippen molar-refractivity contribution in [2.24, 2.45) is 0 Å². The van der Waals surface area contributed by atoms with Crippen LogP contribution in [0.15, 0.2) is 39.6 Å². The van der Waals surface area contributed by atoms with Crippen molar-refractivity contribution in [1.29, 1.82) is 0 Å². The van der Waals surface area contributed by atoms with E-state index in [9.17, 15) is 4.79 Å². The largest absolute Gasteiger partial charge is 0.382 e. The number of nitrogens with one attached hydrogen (secondary N) is 1. The maximum absolute atomic E-state index is 11.9. The summed E-state index contributed by atoms with van der Waals surface area (Å²) in [6, 6.07) is 9.47. The Morgan fingerprint density at radius 2 is 2.05 bits per heavy atom. The lowest BCUT2D eigenvalue weighted by molar-refractivity contribution is 0.648. The molecule has 1 heterocycles. The highest BCUT2D eigenvalue weighted by Gasteiger charge is 2.03. The summed E-state index contributed by atoms with van der Waals surface area (Å²) in [5, 5.41) is 3.30. The Kier molecular flexibility index (Phi) is 4.37. The minimum absolute atomic E-state index is 0.000993. The van der Waals surface area contributed by atoms with Crippen LogP contribution in [0.25, 0.3) is 0 Å². The maximum atomic E-state index is 11.9. The summed E-state index contributed by atoms with van der Waals surface area (Å²) in [5.41, 5.74) is 1.78. The van der Waals surface area contributed by atoms with Crippen molar-refractivity contribution in [1.82, 2.24) is 9.55 Å². The molecule has 4 nitrogen and oxygen atoms in total. The molecule has 0 fully saturated rings. The summed E-state index contributed by atoms with van der Waals surface area (Å²) in [7, 11) is 0. The van der Waals surface area contributed by atoms with E-state index < -0.39 is 0 Å². The Hall–Kier alpha value is -1.62. The molecule has 0 saturated carbocycles. The lowest BCUT2D eigenvalue weighted by Crippen LogP contribution is -2.26. The van der Waals surface area contributed by atoms with Gasteiger partial charge in [0.05, 0.1) is 0 Å². The lowest BCUT2D eigenvalue weighted by atomic mass is 10.3. The minimum atomic E-state index is -0.000993. The van der Waals surface area contributed by atoms with Crippen LogP contribution in [0.3, 0.4) is 0 Å². The third-order valence-corrected chi connectivity index (χ3v) is 3.54. The van der Waals surface area contributed by atoms with E-state index in [0.29, 0.717) is 13.1 Å². The van der Waals surface area contributed by atoms with Crippen molar-refractivity contribution >= 4 is 21.6 Å². The zero-order chi connectivity index (χ0) is 13.8. The van der Waals surface area contributed by atoms with Gasteiger partial charge in [-0.05, 0) is 41.9 Å². The van der Waals surface area contributed by atoms with E-state index in [0.717, 1.165) is 21.7 Å². The van der Waals surface area contributed by atoms with Crippen LogP contribution in [0, 0.1) is 13.8 Å². The summed E-state index contributed by atoms with van der Waals surface area (Å²) in [4.78, 5) is 16.2. The molecule has 0 atom stereocenters. The fraction of sp³-hybridized carbons (Fsp3) is 0.286. The topological polar surface area (TPSA) is 46.9 Å². The molecule has 0 aliphatic carbocycles. The first kappa shape index (κ1) is 13.8. The molecule has 5 heteroatoms. The van der Waals surface area contributed by atoms with E-state index in [4.69, 9.17) is 0 Å². The number of hydrogen-bond donors (Lipinski definition) is 1. The highest BCUT2D eigenvalue weighted by Crippen LogP contribution is 2.20. The zero-order valence-corrected chi connectivity index (χ0v) is 12.6. The molecule has 1 aromatic carbocycles. The smallest absolute Gasteiger partial charge is 0.253 e. The number of aryl methyl sites for hydroxylation is 2. The summed E-state index contributed by atoms with van der Waals surface area (Å²) in [5.74, 6) is 0.749. The fourth-order valence-corrected chi connectivity index (χ4v) is 2.37. The van der Waals surface area contributed by atoms with Crippen molar-refractivity contribution in [2.45, 2.75) is 20.4 Å². The molecule has 0 unspecified atom stereocenters. The number of hydrogen-bond acceptors (Lipinski definition) is 3. The van der Waals surface area contributed by atoms with Gasteiger partial charge in [0.25, 0.3) is 5.56 Å². The van der Waals surface area contributed by atoms with E-state index in [-0.39, 0.29) is 5.56 Å². The van der Waals surface area contributed by atoms with Gasteiger partial charge < -0.3 is 5.32 Å². The van der Waals surface area contributed by atoms with Gasteiger partial charge in [-0.1, -0.05) is 12.1 Å². The van der Waals surface area contributed by atoms with Gasteiger partial charge >= 0.3 is 0 Å². The average molecular weight is 322 g/mol. The Morgan fingerprint density at radius 1 is 1.32 bits per heavy atom. The molecule has 0 saturated heterocycles. The quantitative estimate of drug-likeness (QED) is 0.941. The third kappa shape index (κ3) is 3.44. The third-order valence-electron chi connectivity index (χ3n) is 2.85. The first-order valence-corrected chi connectivity index (χ1v) is 6.91. The van der Waals surface area contributed by atoms with Crippen LogP contribution in [0.5, 0.6) is 0 Å². The predicted octanol–water partition coefficient (Wildman–Crippen LogP) is 2.73. The van der Waals surface area contributed by atoms with Gasteiger partial charge in [0.15, 0.2) is 0 Å². The standard InChI is InChI=1S/C14H16BrN3O/c1-10-9-14(19)18(11(2)17-10)8-7-16-13-6-4-3-5-12(13)15/h3-6,9,16H,7-8H2,1-2H3. The Morgan fingerprint density at radius 3 is 2.74 bits per heavy atom. The average Bonchev–Trinajstić information content (AvgIpc) is 2.34. The normalized spacial score (nSPS) is 10.5. The molecule has 0 spiro atoms. The van der Waals surface area contributed by atoms with Crippen LogP contribution < -0.4 is 10.9 Å². The van der Waals surface area contributed by atoms with E-state index in [2.05, 4.69) is 26.2 Å². The van der Waals surface area contributed by atoms with Gasteiger partial charge in [0.1, 0.15) is 5.82 Å². The number of benzene rings is 1. The van der Waals surface area contributed by atoms with Gasteiger partial charge in [0.2, 0.25) is 0 Å². The van der Waals surface area contributed by atoms with Gasteiger partial charge in [0, 0.05) is 35.0 Å². The summed E-state index contributed by atoms with van der Waals surface area (Å²) in [6.07, 6.45) is 0. The maximum Gasteiger partial charge on any atom is 0.253 e. The molecule has 1 N–H and O–H groups in total. The second-order valence-electron chi connectivity index (χ2n) is 4.34. The second-order valence-corrected chi connectivity index (χ2v) is 5.20. The first-order valence-electron chi connectivity index (χ1n) is 6.11. The van der Waals surface area contributed by atoms with Crippen LogP contribution >= 0.6 is 15.9 Å². The number of anilines is 1. The second kappa shape index (κ2) is 6.02. The SMILES string of the molecule is Cc1cc(=O)n(CCNc2ccccc2Br)c(C)n1. The Labute approximate surface area is 120 Å². The van der Waals surface area contributed by atoms with Crippen LogP contribution in [0.4, 0.5) is 5.69 Å². The monoisotopic (exact) mass is 321 g/mol. The van der Waals surface area contributed by atoms with Crippen LogP contribution in [-0.4, -0.2) is 16.1 Å². The Bertz CT molecular complexity index is 637. The zero-order valence-electron chi connectivity index (χ0n) is 11.0. The molecule has 0 bridgehead atoms. The first-order chi connectivity index (χ1) is 9.08. The van der Waals surface area contributed by atoms with Crippen molar-refractivity contribution in [2.75, 3.05) is 11.9 Å². The van der Waals surface area contributed by atoms with Crippen LogP contribution in [0.1, 0.15) is 11.5 Å². The van der Waals surface area contributed by atoms with Gasteiger partial charge in [-0.15, -0.1) is 0 Å². The number of para-hydroxylation sites is 1. The van der Waals surface area contributed by atoms with Crippen molar-refractivity contribution < 1.29 is 0 Å². The molecule has 100 valence electrons. The molecular weight excluding hydrogens is 306 g/mol. The van der Waals surface area contributed by atoms with Gasteiger partial charge in [-0.2, -0.15) is 0 Å². The molecule has 2 aromatic rings. The van der Waals surface area contributed by atoms with Crippen molar-refractivity contribution in [3.8, 4) is 0 Å². The molecule has 0 amide bonds. The molecule has 1 aromatic heterocycles. The number of aromatic nitrogens is 2. The van der Waals surface area contributed by atoms with Gasteiger partial charge in [-0.3, -0.25) is 9.36 Å². The molecule has 2 rings (SSSR count). The molecular formula is C14H16BrN3O. The van der Waals surface area contributed by atoms with Crippen molar-refractivity contribution in [3.05, 3.63) is 56.7 Å². The van der Waals surface area contributed by atoms with E-state index in [1.165, 1.54) is 0 Å². The molecule has 0 aliphatic heterocycles. The van der Waals surface area contributed by atoms with E-state index >= 15 is 0 Å². The molecule has 0 aliphatic rings. The summed E-state index contributed by atoms with van der Waals surface area (Å²) < 4.78 is 2.69. The highest BCUT2D eigenvalue weighted by atomic mass is 79.9. The molecule has 0 radical (unpaired) electrons. The Balaban J connectivity index is 2.04. The van der Waals surface area contributed by atoms with Crippen LogP contribution in [0.2, 0.25) is 0 Å².